The highest BCUT2D eigenvalue weighted by atomic mass is 16.1. The van der Waals surface area contributed by atoms with Gasteiger partial charge in [0.15, 0.2) is 0 Å². The molecule has 0 aromatic heterocycles. The molecule has 0 saturated carbocycles. The number of amides is 1. The highest BCUT2D eigenvalue weighted by Crippen LogP contribution is 2.18. The Kier molecular flexibility index (Phi) is 2.90. The molecular weight excluding hydrogens is 164 g/mol. The van der Waals surface area contributed by atoms with E-state index in [1.165, 1.54) is 0 Å². The van der Waals surface area contributed by atoms with Gasteiger partial charge in [-0.3, -0.25) is 4.79 Å². The Bertz CT molecular complexity index is 300. The molecule has 1 aromatic rings. The number of benzene rings is 1. The molecule has 0 aliphatic rings. The standard InChI is InChI=1S/C10H14N2O/c1-7-4-3-5-8(2)10(7)12-6-9(11)13/h3-5,12H,6H2,1-2H3,(H2,11,13). The molecule has 70 valence electrons. The number of carbonyl (C=O) groups is 1. The van der Waals surface area contributed by atoms with Crippen LogP contribution in [0.2, 0.25) is 0 Å². The van der Waals surface area contributed by atoms with Crippen molar-refractivity contribution < 1.29 is 4.79 Å². The summed E-state index contributed by atoms with van der Waals surface area (Å²) in [6.45, 7) is 4.18. The normalized spacial score (nSPS) is 9.69. The van der Waals surface area contributed by atoms with Crippen molar-refractivity contribution in [2.24, 2.45) is 5.73 Å². The quantitative estimate of drug-likeness (QED) is 0.730. The molecule has 1 aromatic carbocycles. The number of rotatable bonds is 3. The van der Waals surface area contributed by atoms with Gasteiger partial charge in [-0.15, -0.1) is 0 Å². The number of para-hydroxylation sites is 1. The summed E-state index contributed by atoms with van der Waals surface area (Å²) < 4.78 is 0. The molecule has 0 fully saturated rings. The highest BCUT2D eigenvalue weighted by Gasteiger charge is 2.01. The van der Waals surface area contributed by atoms with Crippen molar-refractivity contribution in [3.05, 3.63) is 29.3 Å². The van der Waals surface area contributed by atoms with Crippen molar-refractivity contribution >= 4 is 11.6 Å². The number of hydrogen-bond donors (Lipinski definition) is 2. The largest absolute Gasteiger partial charge is 0.376 e. The predicted octanol–water partition coefficient (Wildman–Crippen LogP) is 1.20. The number of nitrogens with one attached hydrogen (secondary N) is 1. The maximum Gasteiger partial charge on any atom is 0.236 e. The summed E-state index contributed by atoms with van der Waals surface area (Å²) in [6.07, 6.45) is 0. The monoisotopic (exact) mass is 178 g/mol. The van der Waals surface area contributed by atoms with Gasteiger partial charge in [0.05, 0.1) is 6.54 Å². The SMILES string of the molecule is Cc1cccc(C)c1NCC(N)=O. The summed E-state index contributed by atoms with van der Waals surface area (Å²) in [4.78, 5) is 10.6. The molecule has 0 bridgehead atoms. The Morgan fingerprint density at radius 1 is 1.38 bits per heavy atom. The fourth-order valence-corrected chi connectivity index (χ4v) is 1.27. The van der Waals surface area contributed by atoms with Crippen LogP contribution in [0.1, 0.15) is 11.1 Å². The van der Waals surface area contributed by atoms with E-state index in [0.29, 0.717) is 0 Å². The fourth-order valence-electron chi connectivity index (χ4n) is 1.27. The molecule has 0 atom stereocenters. The van der Waals surface area contributed by atoms with Gasteiger partial charge in [-0.2, -0.15) is 0 Å². The molecule has 0 spiro atoms. The first-order chi connectivity index (χ1) is 6.11. The van der Waals surface area contributed by atoms with Gasteiger partial charge in [0.1, 0.15) is 0 Å². The Hall–Kier alpha value is -1.51. The summed E-state index contributed by atoms with van der Waals surface area (Å²) in [5.74, 6) is -0.345. The van der Waals surface area contributed by atoms with Crippen molar-refractivity contribution in [3.8, 4) is 0 Å². The van der Waals surface area contributed by atoms with Crippen LogP contribution in [0.15, 0.2) is 18.2 Å². The van der Waals surface area contributed by atoms with Crippen LogP contribution in [0.4, 0.5) is 5.69 Å². The fraction of sp³-hybridized carbons (Fsp3) is 0.300. The minimum atomic E-state index is -0.345. The molecule has 0 saturated heterocycles. The molecular formula is C10H14N2O. The Labute approximate surface area is 77.9 Å². The maximum atomic E-state index is 10.6. The van der Waals surface area contributed by atoms with Gasteiger partial charge in [0.25, 0.3) is 0 Å². The molecule has 3 N–H and O–H groups in total. The first kappa shape index (κ1) is 9.58. The van der Waals surface area contributed by atoms with Gasteiger partial charge in [-0.1, -0.05) is 18.2 Å². The van der Waals surface area contributed by atoms with Gasteiger partial charge < -0.3 is 11.1 Å². The van der Waals surface area contributed by atoms with E-state index in [2.05, 4.69) is 5.32 Å². The smallest absolute Gasteiger partial charge is 0.236 e. The van der Waals surface area contributed by atoms with Crippen molar-refractivity contribution in [2.45, 2.75) is 13.8 Å². The van der Waals surface area contributed by atoms with E-state index in [9.17, 15) is 4.79 Å². The molecule has 0 unspecified atom stereocenters. The summed E-state index contributed by atoms with van der Waals surface area (Å²) in [5.41, 5.74) is 8.29. The number of carbonyl (C=O) groups excluding carboxylic acids is 1. The van der Waals surface area contributed by atoms with Gasteiger partial charge >= 0.3 is 0 Å². The van der Waals surface area contributed by atoms with Crippen LogP contribution in [-0.4, -0.2) is 12.5 Å². The molecule has 1 rings (SSSR count). The number of anilines is 1. The third kappa shape index (κ3) is 2.47. The zero-order chi connectivity index (χ0) is 9.84. The first-order valence-electron chi connectivity index (χ1n) is 4.19. The van der Waals surface area contributed by atoms with E-state index < -0.39 is 0 Å². The first-order valence-corrected chi connectivity index (χ1v) is 4.19. The molecule has 0 radical (unpaired) electrons. The van der Waals surface area contributed by atoms with Gasteiger partial charge in [0, 0.05) is 5.69 Å². The van der Waals surface area contributed by atoms with E-state index in [4.69, 9.17) is 5.73 Å². The number of hydrogen-bond acceptors (Lipinski definition) is 2. The molecule has 3 heteroatoms. The van der Waals surface area contributed by atoms with Crippen LogP contribution in [0.25, 0.3) is 0 Å². The molecule has 1 amide bonds. The lowest BCUT2D eigenvalue weighted by Gasteiger charge is -2.10. The summed E-state index contributed by atoms with van der Waals surface area (Å²) >= 11 is 0. The number of nitrogens with two attached hydrogens (primary N) is 1. The minimum Gasteiger partial charge on any atom is -0.376 e. The second-order valence-corrected chi connectivity index (χ2v) is 3.09. The Morgan fingerprint density at radius 3 is 2.38 bits per heavy atom. The van der Waals surface area contributed by atoms with E-state index in [1.807, 2.05) is 32.0 Å². The third-order valence-electron chi connectivity index (χ3n) is 1.92. The molecule has 0 heterocycles. The van der Waals surface area contributed by atoms with Crippen LogP contribution in [0, 0.1) is 13.8 Å². The van der Waals surface area contributed by atoms with Crippen LogP contribution in [-0.2, 0) is 4.79 Å². The van der Waals surface area contributed by atoms with Gasteiger partial charge in [-0.25, -0.2) is 0 Å². The van der Waals surface area contributed by atoms with Crippen LogP contribution in [0.3, 0.4) is 0 Å². The molecule has 0 aliphatic heterocycles. The van der Waals surface area contributed by atoms with Gasteiger partial charge in [-0.05, 0) is 25.0 Å². The lowest BCUT2D eigenvalue weighted by atomic mass is 10.1. The zero-order valence-electron chi connectivity index (χ0n) is 7.92. The lowest BCUT2D eigenvalue weighted by Crippen LogP contribution is -2.22. The Morgan fingerprint density at radius 2 is 1.92 bits per heavy atom. The maximum absolute atomic E-state index is 10.6. The van der Waals surface area contributed by atoms with Crippen LogP contribution >= 0.6 is 0 Å². The average molecular weight is 178 g/mol. The summed E-state index contributed by atoms with van der Waals surface area (Å²) in [6, 6.07) is 5.98. The second kappa shape index (κ2) is 3.94. The van der Waals surface area contributed by atoms with E-state index in [-0.39, 0.29) is 12.5 Å². The second-order valence-electron chi connectivity index (χ2n) is 3.09. The van der Waals surface area contributed by atoms with Crippen molar-refractivity contribution in [1.29, 1.82) is 0 Å². The van der Waals surface area contributed by atoms with Crippen LogP contribution < -0.4 is 11.1 Å². The zero-order valence-corrected chi connectivity index (χ0v) is 7.92. The van der Waals surface area contributed by atoms with E-state index in [1.54, 1.807) is 0 Å². The lowest BCUT2D eigenvalue weighted by molar-refractivity contribution is -0.116. The Balaban J connectivity index is 2.81. The predicted molar refractivity (Wildman–Crippen MR) is 53.6 cm³/mol. The molecule has 0 aliphatic carbocycles. The minimum absolute atomic E-state index is 0.186. The van der Waals surface area contributed by atoms with Crippen LogP contribution in [0.5, 0.6) is 0 Å². The van der Waals surface area contributed by atoms with Crippen molar-refractivity contribution in [1.82, 2.24) is 0 Å². The summed E-state index contributed by atoms with van der Waals surface area (Å²) in [7, 11) is 0. The van der Waals surface area contributed by atoms with E-state index >= 15 is 0 Å². The van der Waals surface area contributed by atoms with E-state index in [0.717, 1.165) is 16.8 Å². The van der Waals surface area contributed by atoms with Crippen molar-refractivity contribution in [3.63, 3.8) is 0 Å². The van der Waals surface area contributed by atoms with Gasteiger partial charge in [0.2, 0.25) is 5.91 Å². The highest BCUT2D eigenvalue weighted by molar-refractivity contribution is 5.79. The summed E-state index contributed by atoms with van der Waals surface area (Å²) in [5, 5.41) is 3.01. The number of primary amides is 1. The number of aryl methyl sites for hydroxylation is 2. The van der Waals surface area contributed by atoms with Crippen molar-refractivity contribution in [2.75, 3.05) is 11.9 Å². The average Bonchev–Trinajstić information content (AvgIpc) is 2.03. The molecule has 13 heavy (non-hydrogen) atoms. The third-order valence-corrected chi connectivity index (χ3v) is 1.92. The topological polar surface area (TPSA) is 55.1 Å². The molecule has 3 nitrogen and oxygen atoms in total.